The Balaban J connectivity index is 1.38. The van der Waals surface area contributed by atoms with E-state index in [-0.39, 0.29) is 18.4 Å². The Morgan fingerprint density at radius 2 is 1.83 bits per heavy atom. The van der Waals surface area contributed by atoms with Gasteiger partial charge in [0.1, 0.15) is 0 Å². The minimum Gasteiger partial charge on any atom is -0.490 e. The number of rotatable bonds is 8. The Morgan fingerprint density at radius 3 is 2.48 bits per heavy atom. The number of hydrogen-bond donors (Lipinski definition) is 1. The third-order valence-electron chi connectivity index (χ3n) is 4.91. The number of piperidine rings is 1. The quantitative estimate of drug-likeness (QED) is 0.740. The SMILES string of the molecule is CCOc1ccccc1OCC(=O)NCC1CCN(C(=O)c2cccnc2)CC1. The van der Waals surface area contributed by atoms with Gasteiger partial charge in [-0.2, -0.15) is 0 Å². The molecule has 3 rings (SSSR count). The number of carbonyl (C=O) groups is 2. The van der Waals surface area contributed by atoms with E-state index in [9.17, 15) is 9.59 Å². The summed E-state index contributed by atoms with van der Waals surface area (Å²) in [5.74, 6) is 1.40. The van der Waals surface area contributed by atoms with Gasteiger partial charge in [-0.25, -0.2) is 0 Å². The number of nitrogens with one attached hydrogen (secondary N) is 1. The molecule has 0 unspecified atom stereocenters. The summed E-state index contributed by atoms with van der Waals surface area (Å²) in [6.07, 6.45) is 4.98. The van der Waals surface area contributed by atoms with Crippen LogP contribution in [0.15, 0.2) is 48.8 Å². The Labute approximate surface area is 171 Å². The Morgan fingerprint density at radius 1 is 1.10 bits per heavy atom. The predicted octanol–water partition coefficient (Wildman–Crippen LogP) is 2.53. The lowest BCUT2D eigenvalue weighted by Gasteiger charge is -2.32. The molecule has 0 bridgehead atoms. The second-order valence-electron chi connectivity index (χ2n) is 6.95. The summed E-state index contributed by atoms with van der Waals surface area (Å²) in [6, 6.07) is 10.9. The molecule has 1 aromatic carbocycles. The molecule has 1 aliphatic heterocycles. The highest BCUT2D eigenvalue weighted by Crippen LogP contribution is 2.26. The Hall–Kier alpha value is -3.09. The summed E-state index contributed by atoms with van der Waals surface area (Å²) in [6.45, 7) is 4.35. The van der Waals surface area contributed by atoms with Gasteiger partial charge in [0.05, 0.1) is 12.2 Å². The highest BCUT2D eigenvalue weighted by atomic mass is 16.5. The van der Waals surface area contributed by atoms with E-state index in [1.807, 2.05) is 30.0 Å². The van der Waals surface area contributed by atoms with Crippen LogP contribution in [0.5, 0.6) is 11.5 Å². The first kappa shape index (κ1) is 20.6. The lowest BCUT2D eigenvalue weighted by atomic mass is 9.96. The number of pyridine rings is 1. The Bertz CT molecular complexity index is 805. The van der Waals surface area contributed by atoms with E-state index in [4.69, 9.17) is 9.47 Å². The molecule has 0 radical (unpaired) electrons. The van der Waals surface area contributed by atoms with Gasteiger partial charge in [0.25, 0.3) is 11.8 Å². The first-order valence-corrected chi connectivity index (χ1v) is 9.98. The molecule has 2 aromatic rings. The van der Waals surface area contributed by atoms with Gasteiger partial charge in [0.15, 0.2) is 18.1 Å². The fourth-order valence-electron chi connectivity index (χ4n) is 3.31. The van der Waals surface area contributed by atoms with Crippen molar-refractivity contribution in [1.29, 1.82) is 0 Å². The lowest BCUT2D eigenvalue weighted by molar-refractivity contribution is -0.123. The van der Waals surface area contributed by atoms with Gasteiger partial charge in [-0.1, -0.05) is 12.1 Å². The maximum atomic E-state index is 12.5. The number of aromatic nitrogens is 1. The van der Waals surface area contributed by atoms with Crippen LogP contribution in [-0.2, 0) is 4.79 Å². The van der Waals surface area contributed by atoms with E-state index >= 15 is 0 Å². The number of carbonyl (C=O) groups excluding carboxylic acids is 2. The molecule has 1 saturated heterocycles. The van der Waals surface area contributed by atoms with Crippen molar-refractivity contribution in [1.82, 2.24) is 15.2 Å². The summed E-state index contributed by atoms with van der Waals surface area (Å²) in [5, 5.41) is 2.93. The van der Waals surface area contributed by atoms with Crippen molar-refractivity contribution in [2.24, 2.45) is 5.92 Å². The standard InChI is InChI=1S/C22H27N3O4/c1-2-28-19-7-3-4-8-20(19)29-16-21(26)24-14-17-9-12-25(13-10-17)22(27)18-6-5-11-23-15-18/h3-8,11,15,17H,2,9-10,12-14,16H2,1H3,(H,24,26). The number of nitrogens with zero attached hydrogens (tertiary/aromatic N) is 2. The Kier molecular flexibility index (Phi) is 7.44. The first-order valence-electron chi connectivity index (χ1n) is 9.98. The summed E-state index contributed by atoms with van der Waals surface area (Å²) in [5.41, 5.74) is 0.615. The minimum absolute atomic E-state index is 0.0157. The molecule has 0 saturated carbocycles. The van der Waals surface area contributed by atoms with Gasteiger partial charge in [-0.15, -0.1) is 0 Å². The minimum atomic E-state index is -0.162. The van der Waals surface area contributed by atoms with Crippen LogP contribution in [0.3, 0.4) is 0 Å². The number of benzene rings is 1. The largest absolute Gasteiger partial charge is 0.490 e. The molecule has 2 heterocycles. The van der Waals surface area contributed by atoms with Crippen LogP contribution in [0, 0.1) is 5.92 Å². The normalized spacial score (nSPS) is 14.3. The molecule has 1 N–H and O–H groups in total. The molecule has 1 aromatic heterocycles. The average molecular weight is 397 g/mol. The van der Waals surface area contributed by atoms with Crippen LogP contribution in [0.25, 0.3) is 0 Å². The van der Waals surface area contributed by atoms with Crippen molar-refractivity contribution in [3.63, 3.8) is 0 Å². The molecule has 2 amide bonds. The maximum absolute atomic E-state index is 12.5. The molecule has 7 heteroatoms. The van der Waals surface area contributed by atoms with Gasteiger partial charge in [-0.3, -0.25) is 14.6 Å². The number of amides is 2. The van der Waals surface area contributed by atoms with Crippen LogP contribution in [0.4, 0.5) is 0 Å². The fraction of sp³-hybridized carbons (Fsp3) is 0.409. The molecule has 154 valence electrons. The van der Waals surface area contributed by atoms with Gasteiger partial charge in [0.2, 0.25) is 0 Å². The molecular weight excluding hydrogens is 370 g/mol. The van der Waals surface area contributed by atoms with E-state index in [0.717, 1.165) is 12.8 Å². The summed E-state index contributed by atoms with van der Waals surface area (Å²) in [7, 11) is 0. The van der Waals surface area contributed by atoms with Crippen molar-refractivity contribution < 1.29 is 19.1 Å². The van der Waals surface area contributed by atoms with Crippen LogP contribution in [0.1, 0.15) is 30.1 Å². The van der Waals surface area contributed by atoms with Crippen molar-refractivity contribution in [3.05, 3.63) is 54.4 Å². The highest BCUT2D eigenvalue weighted by Gasteiger charge is 2.24. The monoisotopic (exact) mass is 397 g/mol. The van der Waals surface area contributed by atoms with Crippen LogP contribution in [0.2, 0.25) is 0 Å². The maximum Gasteiger partial charge on any atom is 0.257 e. The zero-order valence-corrected chi connectivity index (χ0v) is 16.7. The molecule has 0 spiro atoms. The van der Waals surface area contributed by atoms with Gasteiger partial charge in [0, 0.05) is 32.0 Å². The number of para-hydroxylation sites is 2. The van der Waals surface area contributed by atoms with Crippen molar-refractivity contribution in [2.75, 3.05) is 32.8 Å². The molecule has 7 nitrogen and oxygen atoms in total. The zero-order valence-electron chi connectivity index (χ0n) is 16.7. The van der Waals surface area contributed by atoms with E-state index in [2.05, 4.69) is 10.3 Å². The van der Waals surface area contributed by atoms with Crippen LogP contribution in [-0.4, -0.2) is 54.5 Å². The topological polar surface area (TPSA) is 80.8 Å². The van der Waals surface area contributed by atoms with Crippen molar-refractivity contribution >= 4 is 11.8 Å². The second-order valence-corrected chi connectivity index (χ2v) is 6.95. The third-order valence-corrected chi connectivity index (χ3v) is 4.91. The molecule has 1 fully saturated rings. The van der Waals surface area contributed by atoms with E-state index in [1.165, 1.54) is 0 Å². The summed E-state index contributed by atoms with van der Waals surface area (Å²) >= 11 is 0. The summed E-state index contributed by atoms with van der Waals surface area (Å²) < 4.78 is 11.1. The predicted molar refractivity (Wildman–Crippen MR) is 109 cm³/mol. The second kappa shape index (κ2) is 10.5. The zero-order chi connectivity index (χ0) is 20.5. The van der Waals surface area contributed by atoms with Gasteiger partial charge < -0.3 is 19.7 Å². The third kappa shape index (κ3) is 5.94. The number of hydrogen-bond acceptors (Lipinski definition) is 5. The van der Waals surface area contributed by atoms with E-state index in [1.54, 1.807) is 30.6 Å². The van der Waals surface area contributed by atoms with Gasteiger partial charge in [-0.05, 0) is 49.9 Å². The van der Waals surface area contributed by atoms with Crippen molar-refractivity contribution in [2.45, 2.75) is 19.8 Å². The number of likely N-dealkylation sites (tertiary alicyclic amines) is 1. The molecule has 0 atom stereocenters. The van der Waals surface area contributed by atoms with Crippen LogP contribution >= 0.6 is 0 Å². The molecule has 29 heavy (non-hydrogen) atoms. The molecule has 0 aliphatic carbocycles. The van der Waals surface area contributed by atoms with Crippen molar-refractivity contribution in [3.8, 4) is 11.5 Å². The highest BCUT2D eigenvalue weighted by molar-refractivity contribution is 5.93. The van der Waals surface area contributed by atoms with E-state index < -0.39 is 0 Å². The van der Waals surface area contributed by atoms with E-state index in [0.29, 0.717) is 49.2 Å². The van der Waals surface area contributed by atoms with Gasteiger partial charge >= 0.3 is 0 Å². The van der Waals surface area contributed by atoms with Crippen LogP contribution < -0.4 is 14.8 Å². The first-order chi connectivity index (χ1) is 14.2. The smallest absolute Gasteiger partial charge is 0.257 e. The summed E-state index contributed by atoms with van der Waals surface area (Å²) in [4.78, 5) is 30.4. The number of ether oxygens (including phenoxy) is 2. The lowest BCUT2D eigenvalue weighted by Crippen LogP contribution is -2.42. The fourth-order valence-corrected chi connectivity index (χ4v) is 3.31. The average Bonchev–Trinajstić information content (AvgIpc) is 2.78. The molecule has 1 aliphatic rings. The molecular formula is C22H27N3O4.